The maximum absolute atomic E-state index is 12.8. The molecule has 0 fully saturated rings. The highest BCUT2D eigenvalue weighted by molar-refractivity contribution is 6.15. The number of Topliss-reactive ketones (excluding diaryl/α,β-unsaturated/α-hetero) is 1. The van der Waals surface area contributed by atoms with E-state index in [-0.39, 0.29) is 29.2 Å². The summed E-state index contributed by atoms with van der Waals surface area (Å²) in [6, 6.07) is 11.6. The van der Waals surface area contributed by atoms with Gasteiger partial charge in [-0.05, 0) is 19.1 Å². The van der Waals surface area contributed by atoms with Crippen LogP contribution in [-0.2, 0) is 15.1 Å². The van der Waals surface area contributed by atoms with E-state index >= 15 is 0 Å². The minimum Gasteiger partial charge on any atom is -0.508 e. The predicted octanol–water partition coefficient (Wildman–Crippen LogP) is 2.03. The number of ether oxygens (including phenoxy) is 2. The van der Waals surface area contributed by atoms with Gasteiger partial charge in [0.15, 0.2) is 0 Å². The van der Waals surface area contributed by atoms with Crippen LogP contribution in [0, 0.1) is 0 Å². The summed E-state index contributed by atoms with van der Waals surface area (Å²) < 4.78 is 9.91. The number of carbonyl (C=O) groups is 2. The molecule has 0 amide bonds. The first-order valence-electron chi connectivity index (χ1n) is 7.31. The Hall–Kier alpha value is -2.86. The molecule has 2 rings (SSSR count). The fraction of sp³-hybridized carbons (Fsp3) is 0.222. The van der Waals surface area contributed by atoms with E-state index in [0.717, 1.165) is 6.07 Å². The molecule has 0 aliphatic rings. The maximum Gasteiger partial charge on any atom is 0.351 e. The molecule has 0 spiro atoms. The summed E-state index contributed by atoms with van der Waals surface area (Å²) in [5.74, 6) is -2.04. The molecule has 0 aliphatic heterocycles. The number of aliphatic hydroxyl groups is 1. The monoisotopic (exact) mass is 330 g/mol. The largest absolute Gasteiger partial charge is 0.508 e. The summed E-state index contributed by atoms with van der Waals surface area (Å²) in [7, 11) is 1.36. The van der Waals surface area contributed by atoms with E-state index in [1.807, 2.05) is 0 Å². The van der Waals surface area contributed by atoms with E-state index in [4.69, 9.17) is 9.47 Å². The molecule has 2 N–H and O–H groups in total. The molecular formula is C18H18O6. The van der Waals surface area contributed by atoms with Gasteiger partial charge in [-0.25, -0.2) is 4.79 Å². The first kappa shape index (κ1) is 17.5. The Bertz CT molecular complexity index is 740. The lowest BCUT2D eigenvalue weighted by molar-refractivity contribution is -0.160. The van der Waals surface area contributed by atoms with E-state index in [1.165, 1.54) is 31.4 Å². The first-order valence-corrected chi connectivity index (χ1v) is 7.31. The standard InChI is InChI=1S/C18H18O6/c1-3-24-17(21)18(22,16(20)12-7-5-4-6-8-12)13-9-14(19)11-15(10-13)23-2/h4-11,19,22H,3H2,1-2H3. The third-order valence-corrected chi connectivity index (χ3v) is 3.48. The zero-order valence-electron chi connectivity index (χ0n) is 13.4. The molecule has 2 aromatic carbocycles. The number of aromatic hydroxyl groups is 1. The Kier molecular flexibility index (Phi) is 5.21. The quantitative estimate of drug-likeness (QED) is 0.478. The third kappa shape index (κ3) is 3.23. The lowest BCUT2D eigenvalue weighted by Gasteiger charge is -2.25. The summed E-state index contributed by atoms with van der Waals surface area (Å²) in [6.07, 6.45) is 0. The number of ketones is 1. The van der Waals surface area contributed by atoms with Crippen LogP contribution < -0.4 is 4.74 Å². The number of rotatable bonds is 6. The van der Waals surface area contributed by atoms with Crippen molar-refractivity contribution in [3.63, 3.8) is 0 Å². The number of benzene rings is 2. The number of phenolic OH excluding ortho intramolecular Hbond substituents is 1. The van der Waals surface area contributed by atoms with Crippen LogP contribution in [0.1, 0.15) is 22.8 Å². The van der Waals surface area contributed by atoms with Gasteiger partial charge in [-0.2, -0.15) is 0 Å². The fourth-order valence-electron chi connectivity index (χ4n) is 2.29. The smallest absolute Gasteiger partial charge is 0.351 e. The number of phenols is 1. The molecular weight excluding hydrogens is 312 g/mol. The van der Waals surface area contributed by atoms with Gasteiger partial charge in [-0.15, -0.1) is 0 Å². The average Bonchev–Trinajstić information content (AvgIpc) is 2.60. The molecule has 1 atom stereocenters. The highest BCUT2D eigenvalue weighted by Gasteiger charge is 2.48. The van der Waals surface area contributed by atoms with Gasteiger partial charge in [0, 0.05) is 17.2 Å². The Labute approximate surface area is 139 Å². The molecule has 1 unspecified atom stereocenters. The molecule has 126 valence electrons. The maximum atomic E-state index is 12.8. The summed E-state index contributed by atoms with van der Waals surface area (Å²) in [5, 5.41) is 20.8. The fourth-order valence-corrected chi connectivity index (χ4v) is 2.29. The van der Waals surface area contributed by atoms with Crippen LogP contribution >= 0.6 is 0 Å². The van der Waals surface area contributed by atoms with Crippen molar-refractivity contribution in [3.05, 3.63) is 59.7 Å². The van der Waals surface area contributed by atoms with Gasteiger partial charge in [0.2, 0.25) is 5.78 Å². The third-order valence-electron chi connectivity index (χ3n) is 3.48. The lowest BCUT2D eigenvalue weighted by atomic mass is 9.85. The Morgan fingerprint density at radius 1 is 1.12 bits per heavy atom. The second kappa shape index (κ2) is 7.14. The number of hydrogen-bond acceptors (Lipinski definition) is 6. The topological polar surface area (TPSA) is 93.1 Å². The van der Waals surface area contributed by atoms with Crippen molar-refractivity contribution < 1.29 is 29.3 Å². The number of methoxy groups -OCH3 is 1. The van der Waals surface area contributed by atoms with Crippen molar-refractivity contribution >= 4 is 11.8 Å². The highest BCUT2D eigenvalue weighted by atomic mass is 16.5. The number of carbonyl (C=O) groups excluding carboxylic acids is 2. The van der Waals surface area contributed by atoms with Gasteiger partial charge < -0.3 is 19.7 Å². The van der Waals surface area contributed by atoms with Crippen molar-refractivity contribution in [1.82, 2.24) is 0 Å². The Balaban J connectivity index is 2.62. The van der Waals surface area contributed by atoms with Gasteiger partial charge in [-0.3, -0.25) is 4.79 Å². The normalized spacial score (nSPS) is 13.0. The van der Waals surface area contributed by atoms with Crippen molar-refractivity contribution in [1.29, 1.82) is 0 Å². The molecule has 0 heterocycles. The van der Waals surface area contributed by atoms with Crippen LogP contribution in [0.2, 0.25) is 0 Å². The van der Waals surface area contributed by atoms with E-state index in [1.54, 1.807) is 25.1 Å². The summed E-state index contributed by atoms with van der Waals surface area (Å²) >= 11 is 0. The average molecular weight is 330 g/mol. The molecule has 0 saturated carbocycles. The molecule has 0 bridgehead atoms. The Morgan fingerprint density at radius 3 is 2.38 bits per heavy atom. The minimum atomic E-state index is -2.59. The summed E-state index contributed by atoms with van der Waals surface area (Å²) in [5.41, 5.74) is -2.59. The Morgan fingerprint density at radius 2 is 1.79 bits per heavy atom. The number of esters is 1. The molecule has 0 aliphatic carbocycles. The summed E-state index contributed by atoms with van der Waals surface area (Å²) in [4.78, 5) is 25.2. The van der Waals surface area contributed by atoms with Gasteiger partial charge in [0.1, 0.15) is 11.5 Å². The zero-order chi connectivity index (χ0) is 17.7. The molecule has 6 heteroatoms. The van der Waals surface area contributed by atoms with Crippen molar-refractivity contribution in [2.75, 3.05) is 13.7 Å². The molecule has 0 saturated heterocycles. The van der Waals surface area contributed by atoms with Gasteiger partial charge in [-0.1, -0.05) is 30.3 Å². The van der Waals surface area contributed by atoms with E-state index in [2.05, 4.69) is 0 Å². The van der Waals surface area contributed by atoms with Crippen molar-refractivity contribution in [3.8, 4) is 11.5 Å². The SMILES string of the molecule is CCOC(=O)C(O)(C(=O)c1ccccc1)c1cc(O)cc(OC)c1. The van der Waals surface area contributed by atoms with Crippen LogP contribution in [0.25, 0.3) is 0 Å². The lowest BCUT2D eigenvalue weighted by Crippen LogP contribution is -2.45. The minimum absolute atomic E-state index is 0.0147. The second-order valence-corrected chi connectivity index (χ2v) is 5.05. The first-order chi connectivity index (χ1) is 11.4. The van der Waals surface area contributed by atoms with Gasteiger partial charge in [0.25, 0.3) is 5.60 Å². The molecule has 2 aromatic rings. The van der Waals surface area contributed by atoms with Crippen LogP contribution in [0.15, 0.2) is 48.5 Å². The summed E-state index contributed by atoms with van der Waals surface area (Å²) in [6.45, 7) is 1.55. The second-order valence-electron chi connectivity index (χ2n) is 5.05. The van der Waals surface area contributed by atoms with E-state index in [9.17, 15) is 19.8 Å². The molecule has 0 aromatic heterocycles. The molecule has 6 nitrogen and oxygen atoms in total. The van der Waals surface area contributed by atoms with Gasteiger partial charge >= 0.3 is 5.97 Å². The molecule has 24 heavy (non-hydrogen) atoms. The van der Waals surface area contributed by atoms with E-state index < -0.39 is 17.4 Å². The van der Waals surface area contributed by atoms with Crippen molar-refractivity contribution in [2.45, 2.75) is 12.5 Å². The molecule has 0 radical (unpaired) electrons. The van der Waals surface area contributed by atoms with Crippen molar-refractivity contribution in [2.24, 2.45) is 0 Å². The van der Waals surface area contributed by atoms with Crippen LogP contribution in [0.4, 0.5) is 0 Å². The zero-order valence-corrected chi connectivity index (χ0v) is 13.4. The highest BCUT2D eigenvalue weighted by Crippen LogP contribution is 2.33. The predicted molar refractivity (Wildman–Crippen MR) is 86.0 cm³/mol. The number of hydrogen-bond donors (Lipinski definition) is 2. The van der Waals surface area contributed by atoms with Crippen LogP contribution in [0.5, 0.6) is 11.5 Å². The van der Waals surface area contributed by atoms with Crippen LogP contribution in [-0.4, -0.2) is 35.7 Å². The van der Waals surface area contributed by atoms with Crippen LogP contribution in [0.3, 0.4) is 0 Å². The van der Waals surface area contributed by atoms with Gasteiger partial charge in [0.05, 0.1) is 13.7 Å². The van der Waals surface area contributed by atoms with E-state index in [0.29, 0.717) is 0 Å².